The van der Waals surface area contributed by atoms with Gasteiger partial charge in [0.2, 0.25) is 5.89 Å². The van der Waals surface area contributed by atoms with Gasteiger partial charge in [-0.1, -0.05) is 19.0 Å². The lowest BCUT2D eigenvalue weighted by molar-refractivity contribution is 0.191. The second-order valence-electron chi connectivity index (χ2n) is 4.68. The van der Waals surface area contributed by atoms with Gasteiger partial charge in [-0.15, -0.1) is 0 Å². The molecule has 2 rings (SSSR count). The lowest BCUT2D eigenvalue weighted by atomic mass is 10.2. The van der Waals surface area contributed by atoms with Gasteiger partial charge in [0.25, 0.3) is 0 Å². The molecule has 0 aromatic carbocycles. The van der Waals surface area contributed by atoms with Crippen molar-refractivity contribution >= 4 is 0 Å². The molecule has 0 amide bonds. The summed E-state index contributed by atoms with van der Waals surface area (Å²) < 4.78 is 5.24. The zero-order chi connectivity index (χ0) is 13.0. The van der Waals surface area contributed by atoms with E-state index in [4.69, 9.17) is 4.52 Å². The van der Waals surface area contributed by atoms with Crippen LogP contribution in [0.15, 0.2) is 4.52 Å². The molecule has 2 unspecified atom stereocenters. The van der Waals surface area contributed by atoms with Crippen molar-refractivity contribution in [2.75, 3.05) is 26.2 Å². The molecule has 0 saturated carbocycles. The number of β-amino-alcohol motifs (C(OH)–C–C–N with tert-alkyl or cyclic N) is 1. The molecule has 0 bridgehead atoms. The number of aliphatic hydroxyl groups is 1. The van der Waals surface area contributed by atoms with Gasteiger partial charge in [-0.2, -0.15) is 4.98 Å². The molecule has 2 N–H and O–H groups in total. The first-order valence-electron chi connectivity index (χ1n) is 6.69. The summed E-state index contributed by atoms with van der Waals surface area (Å²) in [7, 11) is 0. The van der Waals surface area contributed by atoms with Crippen LogP contribution in [-0.2, 0) is 6.42 Å². The third-order valence-corrected chi connectivity index (χ3v) is 3.44. The Hall–Kier alpha value is -0.980. The van der Waals surface area contributed by atoms with E-state index in [0.717, 1.165) is 31.9 Å². The Balaban J connectivity index is 1.86. The van der Waals surface area contributed by atoms with E-state index >= 15 is 0 Å². The average Bonchev–Trinajstić information content (AvgIpc) is 2.99. The van der Waals surface area contributed by atoms with Gasteiger partial charge in [0.1, 0.15) is 0 Å². The molecular weight excluding hydrogens is 232 g/mol. The summed E-state index contributed by atoms with van der Waals surface area (Å²) in [5.41, 5.74) is 0. The number of rotatable bonds is 6. The van der Waals surface area contributed by atoms with Crippen molar-refractivity contribution in [3.05, 3.63) is 11.7 Å². The van der Waals surface area contributed by atoms with E-state index in [-0.39, 0.29) is 12.1 Å². The van der Waals surface area contributed by atoms with Gasteiger partial charge in [-0.05, 0) is 19.5 Å². The first-order valence-corrected chi connectivity index (χ1v) is 6.69. The van der Waals surface area contributed by atoms with Crippen LogP contribution in [0.25, 0.3) is 0 Å². The minimum atomic E-state index is -0.305. The lowest BCUT2D eigenvalue weighted by Crippen LogP contribution is -2.25. The Labute approximate surface area is 107 Å². The maximum Gasteiger partial charge on any atom is 0.243 e. The fraction of sp³-hybridized carbons (Fsp3) is 0.833. The first-order chi connectivity index (χ1) is 8.72. The van der Waals surface area contributed by atoms with Crippen LogP contribution in [-0.4, -0.2) is 52.4 Å². The predicted molar refractivity (Wildman–Crippen MR) is 67.2 cm³/mol. The molecule has 1 saturated heterocycles. The zero-order valence-electron chi connectivity index (χ0n) is 11.1. The molecule has 2 atom stereocenters. The van der Waals surface area contributed by atoms with Crippen LogP contribution >= 0.6 is 0 Å². The Kier molecular flexibility index (Phi) is 4.68. The monoisotopic (exact) mass is 254 g/mol. The number of nitrogens with zero attached hydrogens (tertiary/aromatic N) is 3. The van der Waals surface area contributed by atoms with Gasteiger partial charge in [-0.25, -0.2) is 0 Å². The Morgan fingerprint density at radius 3 is 2.83 bits per heavy atom. The molecule has 6 nitrogen and oxygen atoms in total. The van der Waals surface area contributed by atoms with Gasteiger partial charge >= 0.3 is 0 Å². The van der Waals surface area contributed by atoms with Crippen LogP contribution in [0, 0.1) is 0 Å². The quantitative estimate of drug-likeness (QED) is 0.763. The van der Waals surface area contributed by atoms with Crippen molar-refractivity contribution in [3.63, 3.8) is 0 Å². The van der Waals surface area contributed by atoms with Gasteiger partial charge in [0.15, 0.2) is 5.82 Å². The molecule has 18 heavy (non-hydrogen) atoms. The van der Waals surface area contributed by atoms with E-state index in [1.165, 1.54) is 0 Å². The summed E-state index contributed by atoms with van der Waals surface area (Å²) in [6.07, 6.45) is 1.15. The van der Waals surface area contributed by atoms with E-state index in [2.05, 4.69) is 34.2 Å². The Bertz CT molecular complexity index is 365. The van der Waals surface area contributed by atoms with Crippen molar-refractivity contribution in [1.29, 1.82) is 0 Å². The molecule has 0 aliphatic carbocycles. The lowest BCUT2D eigenvalue weighted by Gasteiger charge is -2.16. The SMILES string of the molecule is CCN(CC)CCc1noc(C2CC(O)CN2)n1. The smallest absolute Gasteiger partial charge is 0.243 e. The van der Waals surface area contributed by atoms with Crippen molar-refractivity contribution in [2.45, 2.75) is 38.8 Å². The fourth-order valence-electron chi connectivity index (χ4n) is 2.21. The van der Waals surface area contributed by atoms with Crippen LogP contribution in [0.3, 0.4) is 0 Å². The standard InChI is InChI=1S/C12H22N4O2/c1-3-16(4-2)6-5-11-14-12(18-15-11)10-7-9(17)8-13-10/h9-10,13,17H,3-8H2,1-2H3. The van der Waals surface area contributed by atoms with Crippen molar-refractivity contribution in [3.8, 4) is 0 Å². The van der Waals surface area contributed by atoms with E-state index in [1.807, 2.05) is 0 Å². The molecule has 0 radical (unpaired) electrons. The predicted octanol–water partition coefficient (Wildman–Crippen LogP) is 0.349. The first kappa shape index (κ1) is 13.5. The largest absolute Gasteiger partial charge is 0.392 e. The normalized spacial score (nSPS) is 24.0. The maximum absolute atomic E-state index is 9.45. The van der Waals surface area contributed by atoms with Crippen LogP contribution in [0.1, 0.15) is 38.0 Å². The molecule has 0 spiro atoms. The van der Waals surface area contributed by atoms with Crippen LogP contribution < -0.4 is 5.32 Å². The van der Waals surface area contributed by atoms with Crippen molar-refractivity contribution < 1.29 is 9.63 Å². The molecule has 1 fully saturated rings. The minimum Gasteiger partial charge on any atom is -0.392 e. The molecule has 6 heteroatoms. The highest BCUT2D eigenvalue weighted by atomic mass is 16.5. The maximum atomic E-state index is 9.45. The van der Waals surface area contributed by atoms with Crippen molar-refractivity contribution in [1.82, 2.24) is 20.4 Å². The van der Waals surface area contributed by atoms with Crippen LogP contribution in [0.5, 0.6) is 0 Å². The van der Waals surface area contributed by atoms with Gasteiger partial charge in [-0.3, -0.25) is 0 Å². The second kappa shape index (κ2) is 6.26. The number of likely N-dealkylation sites (N-methyl/N-ethyl adjacent to an activating group) is 1. The summed E-state index contributed by atoms with van der Waals surface area (Å²) in [5, 5.41) is 16.6. The van der Waals surface area contributed by atoms with E-state index in [0.29, 0.717) is 18.9 Å². The van der Waals surface area contributed by atoms with Gasteiger partial charge in [0.05, 0.1) is 12.1 Å². The van der Waals surface area contributed by atoms with E-state index in [9.17, 15) is 5.11 Å². The minimum absolute atomic E-state index is 0.00898. The number of aliphatic hydroxyl groups excluding tert-OH is 1. The third kappa shape index (κ3) is 3.28. The van der Waals surface area contributed by atoms with Gasteiger partial charge < -0.3 is 19.8 Å². The molecule has 1 aromatic rings. The van der Waals surface area contributed by atoms with E-state index in [1.54, 1.807) is 0 Å². The Morgan fingerprint density at radius 2 is 2.22 bits per heavy atom. The highest BCUT2D eigenvalue weighted by molar-refractivity contribution is 4.97. The summed E-state index contributed by atoms with van der Waals surface area (Å²) >= 11 is 0. The number of aromatic nitrogens is 2. The molecule has 1 aliphatic heterocycles. The molecule has 1 aliphatic rings. The van der Waals surface area contributed by atoms with Gasteiger partial charge in [0, 0.05) is 19.5 Å². The molecule has 2 heterocycles. The number of hydrogen-bond acceptors (Lipinski definition) is 6. The Morgan fingerprint density at radius 1 is 1.44 bits per heavy atom. The molecule has 102 valence electrons. The highest BCUT2D eigenvalue weighted by Crippen LogP contribution is 2.21. The molecular formula is C12H22N4O2. The zero-order valence-corrected chi connectivity index (χ0v) is 11.1. The summed E-state index contributed by atoms with van der Waals surface area (Å²) in [6, 6.07) is 0.00898. The summed E-state index contributed by atoms with van der Waals surface area (Å²) in [5.74, 6) is 1.35. The molecule has 1 aromatic heterocycles. The average molecular weight is 254 g/mol. The van der Waals surface area contributed by atoms with Crippen molar-refractivity contribution in [2.24, 2.45) is 0 Å². The fourth-order valence-corrected chi connectivity index (χ4v) is 2.21. The van der Waals surface area contributed by atoms with Crippen LogP contribution in [0.2, 0.25) is 0 Å². The second-order valence-corrected chi connectivity index (χ2v) is 4.68. The topological polar surface area (TPSA) is 74.4 Å². The number of hydrogen-bond donors (Lipinski definition) is 2. The van der Waals surface area contributed by atoms with Crippen LogP contribution in [0.4, 0.5) is 0 Å². The highest BCUT2D eigenvalue weighted by Gasteiger charge is 2.27. The summed E-state index contributed by atoms with van der Waals surface area (Å²) in [4.78, 5) is 6.72. The summed E-state index contributed by atoms with van der Waals surface area (Å²) in [6.45, 7) is 7.92. The third-order valence-electron chi connectivity index (χ3n) is 3.44. The number of nitrogens with one attached hydrogen (secondary N) is 1. The van der Waals surface area contributed by atoms with E-state index < -0.39 is 0 Å².